The van der Waals surface area contributed by atoms with Crippen LogP contribution in [0.4, 0.5) is 21.7 Å². The summed E-state index contributed by atoms with van der Waals surface area (Å²) in [4.78, 5) is 20.8. The lowest BCUT2D eigenvalue weighted by Gasteiger charge is -2.14. The van der Waals surface area contributed by atoms with Gasteiger partial charge in [-0.15, -0.1) is 0 Å². The van der Waals surface area contributed by atoms with Crippen LogP contribution in [0.3, 0.4) is 0 Å². The molecule has 0 aliphatic rings. The zero-order valence-corrected chi connectivity index (χ0v) is 15.3. The number of amides is 1. The monoisotopic (exact) mass is 364 g/mol. The Morgan fingerprint density at radius 2 is 1.56 bits per heavy atom. The molecule has 0 unspecified atom stereocenters. The summed E-state index contributed by atoms with van der Waals surface area (Å²) in [6, 6.07) is 11.8. The third kappa shape index (κ3) is 4.47. The molecule has 5 nitrogen and oxygen atoms in total. The molecule has 27 heavy (non-hydrogen) atoms. The Hall–Kier alpha value is -3.28. The Balaban J connectivity index is 1.74. The minimum absolute atomic E-state index is 0.323. The van der Waals surface area contributed by atoms with E-state index in [9.17, 15) is 9.18 Å². The van der Waals surface area contributed by atoms with Crippen LogP contribution in [0.25, 0.3) is 0 Å². The Labute approximate surface area is 157 Å². The Kier molecular flexibility index (Phi) is 5.76. The van der Waals surface area contributed by atoms with Crippen molar-refractivity contribution in [3.8, 4) is 0 Å². The molecule has 0 aliphatic heterocycles. The molecule has 138 valence electrons. The summed E-state index contributed by atoms with van der Waals surface area (Å²) in [6.07, 6.45) is 4.73. The second kappa shape index (κ2) is 8.40. The van der Waals surface area contributed by atoms with Gasteiger partial charge in [0.15, 0.2) is 0 Å². The maximum absolute atomic E-state index is 12.9. The van der Waals surface area contributed by atoms with Crippen molar-refractivity contribution in [3.63, 3.8) is 0 Å². The van der Waals surface area contributed by atoms with Gasteiger partial charge in [-0.1, -0.05) is 32.0 Å². The summed E-state index contributed by atoms with van der Waals surface area (Å²) in [5, 5.41) is 5.95. The molecule has 0 spiro atoms. The van der Waals surface area contributed by atoms with Crippen LogP contribution in [-0.2, 0) is 12.8 Å². The Morgan fingerprint density at radius 1 is 0.963 bits per heavy atom. The standard InChI is InChI=1S/C21H21FN4O/c1-3-14-6-5-7-15(4-2)19(14)26-21-23-12-16(13-24-21)20(27)25-18-10-8-17(22)9-11-18/h5-13H,3-4H2,1-2H3,(H,25,27)(H,23,24,26). The first-order valence-corrected chi connectivity index (χ1v) is 8.87. The number of para-hydroxylation sites is 1. The van der Waals surface area contributed by atoms with Crippen LogP contribution >= 0.6 is 0 Å². The predicted molar refractivity (Wildman–Crippen MR) is 105 cm³/mol. The minimum Gasteiger partial charge on any atom is -0.324 e. The third-order valence-electron chi connectivity index (χ3n) is 4.25. The summed E-state index contributed by atoms with van der Waals surface area (Å²) in [5.74, 6) is -0.272. The summed E-state index contributed by atoms with van der Waals surface area (Å²) in [7, 11) is 0. The van der Waals surface area contributed by atoms with Gasteiger partial charge in [0.2, 0.25) is 5.95 Å². The van der Waals surface area contributed by atoms with Crippen molar-refractivity contribution in [1.29, 1.82) is 0 Å². The zero-order valence-electron chi connectivity index (χ0n) is 15.3. The van der Waals surface area contributed by atoms with Gasteiger partial charge < -0.3 is 10.6 Å². The summed E-state index contributed by atoms with van der Waals surface area (Å²) in [5.41, 5.74) is 4.23. The first-order valence-electron chi connectivity index (χ1n) is 8.87. The van der Waals surface area contributed by atoms with Gasteiger partial charge in [0.1, 0.15) is 5.82 Å². The van der Waals surface area contributed by atoms with E-state index in [2.05, 4.69) is 46.6 Å². The highest BCUT2D eigenvalue weighted by atomic mass is 19.1. The number of halogens is 1. The molecule has 0 radical (unpaired) electrons. The summed E-state index contributed by atoms with van der Waals surface area (Å²) >= 11 is 0. The molecule has 0 fully saturated rings. The number of rotatable bonds is 6. The number of nitrogens with zero attached hydrogens (tertiary/aromatic N) is 2. The number of hydrogen-bond donors (Lipinski definition) is 2. The van der Waals surface area contributed by atoms with Crippen molar-refractivity contribution in [2.45, 2.75) is 26.7 Å². The largest absolute Gasteiger partial charge is 0.324 e. The Bertz CT molecular complexity index is 902. The number of nitrogens with one attached hydrogen (secondary N) is 2. The average molecular weight is 364 g/mol. The summed E-state index contributed by atoms with van der Waals surface area (Å²) < 4.78 is 12.9. The molecule has 0 saturated heterocycles. The molecule has 2 N–H and O–H groups in total. The fourth-order valence-electron chi connectivity index (χ4n) is 2.76. The topological polar surface area (TPSA) is 66.9 Å². The van der Waals surface area contributed by atoms with Gasteiger partial charge in [0.05, 0.1) is 5.56 Å². The van der Waals surface area contributed by atoms with Gasteiger partial charge in [-0.25, -0.2) is 14.4 Å². The molecular weight excluding hydrogens is 343 g/mol. The number of benzene rings is 2. The number of hydrogen-bond acceptors (Lipinski definition) is 4. The highest BCUT2D eigenvalue weighted by molar-refractivity contribution is 6.03. The van der Waals surface area contributed by atoms with Crippen LogP contribution in [-0.4, -0.2) is 15.9 Å². The number of aryl methyl sites for hydroxylation is 2. The smallest absolute Gasteiger partial charge is 0.258 e. The van der Waals surface area contributed by atoms with E-state index in [1.54, 1.807) is 0 Å². The molecule has 0 saturated carbocycles. The predicted octanol–water partition coefficient (Wildman–Crippen LogP) is 4.74. The second-order valence-corrected chi connectivity index (χ2v) is 6.04. The number of anilines is 3. The molecule has 1 aromatic heterocycles. The van der Waals surface area contributed by atoms with Gasteiger partial charge in [-0.05, 0) is 48.2 Å². The first kappa shape index (κ1) is 18.5. The van der Waals surface area contributed by atoms with Gasteiger partial charge in [0, 0.05) is 23.8 Å². The molecule has 2 aromatic carbocycles. The van der Waals surface area contributed by atoms with E-state index in [1.165, 1.54) is 47.8 Å². The molecule has 1 heterocycles. The van der Waals surface area contributed by atoms with Crippen LogP contribution in [0.15, 0.2) is 54.9 Å². The maximum Gasteiger partial charge on any atom is 0.258 e. The van der Waals surface area contributed by atoms with E-state index in [0.29, 0.717) is 17.2 Å². The lowest BCUT2D eigenvalue weighted by Crippen LogP contribution is -2.13. The minimum atomic E-state index is -0.356. The zero-order chi connectivity index (χ0) is 19.2. The van der Waals surface area contributed by atoms with Crippen molar-refractivity contribution in [3.05, 3.63) is 77.4 Å². The molecule has 0 bridgehead atoms. The normalized spacial score (nSPS) is 10.5. The van der Waals surface area contributed by atoms with Crippen LogP contribution < -0.4 is 10.6 Å². The van der Waals surface area contributed by atoms with E-state index in [1.807, 2.05) is 6.07 Å². The fourth-order valence-corrected chi connectivity index (χ4v) is 2.76. The van der Waals surface area contributed by atoms with Gasteiger partial charge >= 0.3 is 0 Å². The molecule has 3 rings (SSSR count). The average Bonchev–Trinajstić information content (AvgIpc) is 2.70. The third-order valence-corrected chi connectivity index (χ3v) is 4.25. The highest BCUT2D eigenvalue weighted by Crippen LogP contribution is 2.25. The van der Waals surface area contributed by atoms with E-state index in [-0.39, 0.29) is 11.7 Å². The highest BCUT2D eigenvalue weighted by Gasteiger charge is 2.10. The Morgan fingerprint density at radius 3 is 2.11 bits per heavy atom. The van der Waals surface area contributed by atoms with Crippen molar-refractivity contribution < 1.29 is 9.18 Å². The van der Waals surface area contributed by atoms with E-state index in [0.717, 1.165) is 18.5 Å². The van der Waals surface area contributed by atoms with E-state index in [4.69, 9.17) is 0 Å². The van der Waals surface area contributed by atoms with Crippen LogP contribution in [0.5, 0.6) is 0 Å². The van der Waals surface area contributed by atoms with Crippen molar-refractivity contribution in [2.75, 3.05) is 10.6 Å². The number of aromatic nitrogens is 2. The summed E-state index contributed by atoms with van der Waals surface area (Å²) in [6.45, 7) is 4.20. The van der Waals surface area contributed by atoms with Crippen molar-refractivity contribution in [1.82, 2.24) is 9.97 Å². The lowest BCUT2D eigenvalue weighted by molar-refractivity contribution is 0.102. The molecule has 6 heteroatoms. The molecule has 0 atom stereocenters. The SMILES string of the molecule is CCc1cccc(CC)c1Nc1ncc(C(=O)Nc2ccc(F)cc2)cn1. The van der Waals surface area contributed by atoms with Gasteiger partial charge in [-0.3, -0.25) is 4.79 Å². The van der Waals surface area contributed by atoms with Crippen LogP contribution in [0.2, 0.25) is 0 Å². The second-order valence-electron chi connectivity index (χ2n) is 6.04. The molecular formula is C21H21FN4O. The molecule has 0 aliphatic carbocycles. The van der Waals surface area contributed by atoms with E-state index >= 15 is 0 Å². The maximum atomic E-state index is 12.9. The molecule has 1 amide bonds. The van der Waals surface area contributed by atoms with Crippen molar-refractivity contribution in [2.24, 2.45) is 0 Å². The van der Waals surface area contributed by atoms with Crippen LogP contribution in [0.1, 0.15) is 35.3 Å². The number of carbonyl (C=O) groups excluding carboxylic acids is 1. The lowest BCUT2D eigenvalue weighted by atomic mass is 10.0. The van der Waals surface area contributed by atoms with Gasteiger partial charge in [-0.2, -0.15) is 0 Å². The van der Waals surface area contributed by atoms with E-state index < -0.39 is 0 Å². The van der Waals surface area contributed by atoms with Crippen molar-refractivity contribution >= 4 is 23.2 Å². The fraction of sp³-hybridized carbons (Fsp3) is 0.190. The molecule has 3 aromatic rings. The van der Waals surface area contributed by atoms with Crippen LogP contribution in [0, 0.1) is 5.82 Å². The number of carbonyl (C=O) groups is 1. The van der Waals surface area contributed by atoms with Gasteiger partial charge in [0.25, 0.3) is 5.91 Å². The quantitative estimate of drug-likeness (QED) is 0.663. The first-order chi connectivity index (χ1) is 13.1.